The predicted molar refractivity (Wildman–Crippen MR) is 108 cm³/mol. The number of nitrogens with zero attached hydrogens (tertiary/aromatic N) is 1. The Balaban J connectivity index is 2.17. The minimum absolute atomic E-state index is 0.497. The molecule has 0 spiro atoms. The van der Waals surface area contributed by atoms with E-state index in [2.05, 4.69) is 4.98 Å². The second-order valence-electron chi connectivity index (χ2n) is 6.72. The Morgan fingerprint density at radius 3 is 1.93 bits per heavy atom. The van der Waals surface area contributed by atoms with E-state index in [-0.39, 0.29) is 0 Å². The zero-order valence-corrected chi connectivity index (χ0v) is 16.3. The van der Waals surface area contributed by atoms with E-state index in [0.29, 0.717) is 16.7 Å². The molecule has 2 N–H and O–H groups in total. The van der Waals surface area contributed by atoms with Crippen molar-refractivity contribution < 1.29 is 19.4 Å². The van der Waals surface area contributed by atoms with Crippen LogP contribution in [0.4, 0.5) is 0 Å². The number of carboxylic acids is 1. The highest BCUT2D eigenvalue weighted by molar-refractivity contribution is 7.58. The molecular formula is C22H22NO4P. The molecule has 5 nitrogen and oxygen atoms in total. The van der Waals surface area contributed by atoms with Crippen molar-refractivity contribution in [2.24, 2.45) is 0 Å². The van der Waals surface area contributed by atoms with Crippen LogP contribution in [0.3, 0.4) is 0 Å². The average Bonchev–Trinajstić information content (AvgIpc) is 2.72. The van der Waals surface area contributed by atoms with Crippen molar-refractivity contribution in [3.05, 3.63) is 102 Å². The first-order chi connectivity index (χ1) is 13.4. The molecule has 3 aromatic rings. The highest BCUT2D eigenvalue weighted by Gasteiger charge is 2.46. The molecule has 2 aromatic carbocycles. The van der Waals surface area contributed by atoms with Gasteiger partial charge in [0.1, 0.15) is 0 Å². The molecule has 28 heavy (non-hydrogen) atoms. The molecule has 0 fully saturated rings. The summed E-state index contributed by atoms with van der Waals surface area (Å²) < 4.78 is 13.8. The molecule has 3 rings (SSSR count). The van der Waals surface area contributed by atoms with Gasteiger partial charge in [0.05, 0.1) is 17.2 Å². The van der Waals surface area contributed by atoms with Crippen molar-refractivity contribution in [2.75, 3.05) is 0 Å². The van der Waals surface area contributed by atoms with Gasteiger partial charge in [-0.15, -0.1) is 0 Å². The van der Waals surface area contributed by atoms with Crippen LogP contribution in [0.1, 0.15) is 40.8 Å². The maximum absolute atomic E-state index is 13.8. The summed E-state index contributed by atoms with van der Waals surface area (Å²) in [6.45, 7) is 1.65. The van der Waals surface area contributed by atoms with Crippen molar-refractivity contribution in [1.29, 1.82) is 0 Å². The van der Waals surface area contributed by atoms with Gasteiger partial charge in [-0.25, -0.2) is 0 Å². The van der Waals surface area contributed by atoms with Gasteiger partial charge >= 0.3 is 5.97 Å². The molecule has 0 saturated heterocycles. The van der Waals surface area contributed by atoms with Crippen LogP contribution in [-0.4, -0.2) is 21.0 Å². The first kappa shape index (κ1) is 20.0. The van der Waals surface area contributed by atoms with Crippen LogP contribution in [0.2, 0.25) is 0 Å². The van der Waals surface area contributed by atoms with E-state index in [0.717, 1.165) is 0 Å². The van der Waals surface area contributed by atoms with Gasteiger partial charge in [0.25, 0.3) is 0 Å². The maximum atomic E-state index is 13.8. The van der Waals surface area contributed by atoms with E-state index < -0.39 is 30.6 Å². The summed E-state index contributed by atoms with van der Waals surface area (Å²) in [6, 6.07) is 20.8. The monoisotopic (exact) mass is 395 g/mol. The third kappa shape index (κ3) is 4.06. The Morgan fingerprint density at radius 1 is 0.893 bits per heavy atom. The van der Waals surface area contributed by atoms with E-state index in [9.17, 15) is 19.4 Å². The van der Waals surface area contributed by atoms with Crippen molar-refractivity contribution in [1.82, 2.24) is 4.98 Å². The molecule has 0 radical (unpaired) electrons. The summed E-state index contributed by atoms with van der Waals surface area (Å²) in [5.74, 6) is -2.29. The van der Waals surface area contributed by atoms with Gasteiger partial charge in [0, 0.05) is 12.4 Å². The number of aromatic nitrogens is 1. The van der Waals surface area contributed by atoms with Gasteiger partial charge in [-0.2, -0.15) is 0 Å². The third-order valence-corrected chi connectivity index (χ3v) is 7.80. The molecule has 0 saturated carbocycles. The molecule has 0 aliphatic heterocycles. The third-order valence-electron chi connectivity index (χ3n) is 5.00. The largest absolute Gasteiger partial charge is 0.481 e. The second kappa shape index (κ2) is 8.51. The van der Waals surface area contributed by atoms with Gasteiger partial charge < -0.3 is 10.00 Å². The van der Waals surface area contributed by atoms with E-state index >= 15 is 0 Å². The Morgan fingerprint density at radius 2 is 1.43 bits per heavy atom. The lowest BCUT2D eigenvalue weighted by atomic mass is 9.91. The molecule has 1 aromatic heterocycles. The molecule has 6 heteroatoms. The summed E-state index contributed by atoms with van der Waals surface area (Å²) in [7, 11) is -4.03. The Kier molecular flexibility index (Phi) is 6.08. The van der Waals surface area contributed by atoms with E-state index in [1.54, 1.807) is 92.1 Å². The molecule has 4 atom stereocenters. The van der Waals surface area contributed by atoms with Gasteiger partial charge in [0.2, 0.25) is 7.37 Å². The topological polar surface area (TPSA) is 87.5 Å². The highest BCUT2D eigenvalue weighted by atomic mass is 31.2. The summed E-state index contributed by atoms with van der Waals surface area (Å²) >= 11 is 0. The van der Waals surface area contributed by atoms with E-state index in [1.807, 2.05) is 0 Å². The molecule has 0 amide bonds. The van der Waals surface area contributed by atoms with Crippen LogP contribution in [0, 0.1) is 0 Å². The standard InChI is InChI=1S/C22H22NO4P/c1-16(19-13-8-14-23-15-19)28(26,27)21(18-11-6-3-7-12-18)20(22(24)25)17-9-4-2-5-10-17/h2-16,20-21H,1H3,(H,24,25)(H,26,27). The number of rotatable bonds is 7. The Bertz CT molecular complexity index is 964. The average molecular weight is 395 g/mol. The molecule has 0 aliphatic rings. The maximum Gasteiger partial charge on any atom is 0.312 e. The summed E-state index contributed by atoms with van der Waals surface area (Å²) in [5.41, 5.74) is -0.232. The van der Waals surface area contributed by atoms with Gasteiger partial charge in [-0.3, -0.25) is 14.3 Å². The fourth-order valence-corrected chi connectivity index (χ4v) is 5.86. The molecule has 0 bridgehead atoms. The van der Waals surface area contributed by atoms with Crippen LogP contribution in [0.25, 0.3) is 0 Å². The number of benzene rings is 2. The zero-order valence-electron chi connectivity index (χ0n) is 15.4. The Labute approximate surface area is 164 Å². The summed E-state index contributed by atoms with van der Waals surface area (Å²) in [4.78, 5) is 27.6. The van der Waals surface area contributed by atoms with Gasteiger partial charge in [-0.05, 0) is 29.7 Å². The number of carboxylic acid groups (broad SMARTS) is 1. The van der Waals surface area contributed by atoms with Crippen LogP contribution in [0.5, 0.6) is 0 Å². The van der Waals surface area contributed by atoms with Crippen molar-refractivity contribution >= 4 is 13.3 Å². The van der Waals surface area contributed by atoms with Gasteiger partial charge in [0.15, 0.2) is 0 Å². The fourth-order valence-electron chi connectivity index (χ4n) is 3.47. The highest BCUT2D eigenvalue weighted by Crippen LogP contribution is 2.69. The predicted octanol–water partition coefficient (Wildman–Crippen LogP) is 5.02. The van der Waals surface area contributed by atoms with Crippen LogP contribution in [0.15, 0.2) is 85.2 Å². The summed E-state index contributed by atoms with van der Waals surface area (Å²) in [6.07, 6.45) is 3.14. The first-order valence-corrected chi connectivity index (χ1v) is 10.8. The van der Waals surface area contributed by atoms with E-state index in [1.165, 1.54) is 0 Å². The second-order valence-corrected chi connectivity index (χ2v) is 9.39. The Hall–Kier alpha value is -2.75. The first-order valence-electron chi connectivity index (χ1n) is 8.97. The lowest BCUT2D eigenvalue weighted by Gasteiger charge is -2.32. The molecular weight excluding hydrogens is 373 g/mol. The lowest BCUT2D eigenvalue weighted by molar-refractivity contribution is -0.139. The molecule has 4 unspecified atom stereocenters. The normalized spacial score (nSPS) is 16.5. The summed E-state index contributed by atoms with van der Waals surface area (Å²) in [5, 5.41) is 10.0. The minimum Gasteiger partial charge on any atom is -0.481 e. The smallest absolute Gasteiger partial charge is 0.312 e. The van der Waals surface area contributed by atoms with E-state index in [4.69, 9.17) is 0 Å². The quantitative estimate of drug-likeness (QED) is 0.548. The minimum atomic E-state index is -4.03. The zero-order chi connectivity index (χ0) is 20.1. The molecule has 1 heterocycles. The number of pyridine rings is 1. The van der Waals surface area contributed by atoms with Crippen molar-refractivity contribution in [3.8, 4) is 0 Å². The lowest BCUT2D eigenvalue weighted by Crippen LogP contribution is -2.22. The van der Waals surface area contributed by atoms with Crippen LogP contribution in [-0.2, 0) is 9.36 Å². The van der Waals surface area contributed by atoms with Crippen molar-refractivity contribution in [2.45, 2.75) is 24.2 Å². The number of aliphatic carboxylic acids is 1. The number of hydrogen-bond donors (Lipinski definition) is 2. The molecule has 0 aliphatic carbocycles. The van der Waals surface area contributed by atoms with Crippen LogP contribution >= 0.6 is 7.37 Å². The van der Waals surface area contributed by atoms with Crippen molar-refractivity contribution in [3.63, 3.8) is 0 Å². The molecule has 144 valence electrons. The SMILES string of the molecule is CC(c1cccnc1)P(=O)(O)C(c1ccccc1)C(C(=O)O)c1ccccc1. The van der Waals surface area contributed by atoms with Gasteiger partial charge in [-0.1, -0.05) is 66.7 Å². The number of carbonyl (C=O) groups is 1. The van der Waals surface area contributed by atoms with Crippen LogP contribution < -0.4 is 0 Å². The number of hydrogen-bond acceptors (Lipinski definition) is 3. The fraction of sp³-hybridized carbons (Fsp3) is 0.182.